The third-order valence-electron chi connectivity index (χ3n) is 2.82. The molecule has 0 radical (unpaired) electrons. The Kier molecular flexibility index (Phi) is 6.51. The van der Waals surface area contributed by atoms with Crippen molar-refractivity contribution in [2.24, 2.45) is 0 Å². The van der Waals surface area contributed by atoms with Crippen LogP contribution in [0.25, 0.3) is 0 Å². The van der Waals surface area contributed by atoms with Crippen molar-refractivity contribution in [3.8, 4) is 0 Å². The van der Waals surface area contributed by atoms with E-state index in [0.29, 0.717) is 12.2 Å². The Bertz CT molecular complexity index is 626. The van der Waals surface area contributed by atoms with Gasteiger partial charge in [-0.1, -0.05) is 6.92 Å². The van der Waals surface area contributed by atoms with Crippen molar-refractivity contribution in [3.05, 3.63) is 24.3 Å². The molecule has 22 heavy (non-hydrogen) atoms. The number of carbonyl (C=O) groups excluding carboxylic acids is 2. The number of likely N-dealkylation sites (N-methyl/N-ethyl adjacent to an activating group) is 1. The van der Waals surface area contributed by atoms with Crippen LogP contribution in [0.15, 0.2) is 29.2 Å². The number of anilines is 1. The number of hydrogen-bond donors (Lipinski definition) is 2. The second-order valence-corrected chi connectivity index (χ2v) is 6.86. The van der Waals surface area contributed by atoms with Crippen molar-refractivity contribution >= 4 is 27.5 Å². The van der Waals surface area contributed by atoms with Gasteiger partial charge < -0.3 is 10.6 Å². The van der Waals surface area contributed by atoms with Crippen LogP contribution in [-0.4, -0.2) is 44.7 Å². The molecule has 2 amide bonds. The summed E-state index contributed by atoms with van der Waals surface area (Å²) in [5.74, 6) is -0.580. The van der Waals surface area contributed by atoms with Crippen molar-refractivity contribution < 1.29 is 18.0 Å². The van der Waals surface area contributed by atoms with Gasteiger partial charge in [0.05, 0.1) is 11.4 Å². The summed E-state index contributed by atoms with van der Waals surface area (Å²) in [6.07, 6.45) is 0.785. The van der Waals surface area contributed by atoms with E-state index >= 15 is 0 Å². The molecule has 0 aliphatic carbocycles. The number of benzene rings is 1. The van der Waals surface area contributed by atoms with Crippen LogP contribution in [0.2, 0.25) is 0 Å². The van der Waals surface area contributed by atoms with Crippen LogP contribution in [0.5, 0.6) is 0 Å². The summed E-state index contributed by atoms with van der Waals surface area (Å²) in [6.45, 7) is 3.55. The highest BCUT2D eigenvalue weighted by molar-refractivity contribution is 7.89. The van der Waals surface area contributed by atoms with Crippen LogP contribution < -0.4 is 10.6 Å². The van der Waals surface area contributed by atoms with Crippen molar-refractivity contribution in [1.29, 1.82) is 0 Å². The third-order valence-corrected chi connectivity index (χ3v) is 4.64. The fraction of sp³-hybridized carbons (Fsp3) is 0.429. The highest BCUT2D eigenvalue weighted by atomic mass is 32.2. The maximum absolute atomic E-state index is 12.3. The number of rotatable bonds is 7. The number of nitrogens with zero attached hydrogens (tertiary/aromatic N) is 1. The van der Waals surface area contributed by atoms with E-state index in [1.807, 2.05) is 6.92 Å². The molecule has 0 saturated heterocycles. The van der Waals surface area contributed by atoms with Gasteiger partial charge in [0.15, 0.2) is 0 Å². The Morgan fingerprint density at radius 2 is 1.77 bits per heavy atom. The van der Waals surface area contributed by atoms with Crippen LogP contribution in [0.1, 0.15) is 20.3 Å². The average Bonchev–Trinajstić information content (AvgIpc) is 2.45. The smallest absolute Gasteiger partial charge is 0.243 e. The molecule has 1 rings (SSSR count). The molecule has 0 atom stereocenters. The quantitative estimate of drug-likeness (QED) is 0.774. The number of nitrogens with one attached hydrogen (secondary N) is 2. The van der Waals surface area contributed by atoms with Crippen LogP contribution in [0, 0.1) is 0 Å². The van der Waals surface area contributed by atoms with Gasteiger partial charge in [-0.15, -0.1) is 0 Å². The summed E-state index contributed by atoms with van der Waals surface area (Å²) in [4.78, 5) is 22.6. The Balaban J connectivity index is 2.80. The third kappa shape index (κ3) is 5.12. The first kappa shape index (κ1) is 18.1. The van der Waals surface area contributed by atoms with Gasteiger partial charge in [0.1, 0.15) is 0 Å². The van der Waals surface area contributed by atoms with Crippen LogP contribution in [-0.2, 0) is 19.6 Å². The second kappa shape index (κ2) is 7.90. The minimum Gasteiger partial charge on any atom is -0.355 e. The minimum absolute atomic E-state index is 0.0624. The predicted octanol–water partition coefficient (Wildman–Crippen LogP) is 0.792. The molecule has 122 valence electrons. The molecule has 0 bridgehead atoms. The molecule has 1 aromatic carbocycles. The lowest BCUT2D eigenvalue weighted by Gasteiger charge is -2.17. The van der Waals surface area contributed by atoms with E-state index in [0.717, 1.165) is 10.7 Å². The first-order chi connectivity index (χ1) is 10.3. The summed E-state index contributed by atoms with van der Waals surface area (Å²) >= 11 is 0. The standard InChI is InChI=1S/C14H21N3O4S/c1-4-9-15-14(19)10-17(3)22(20,21)13-7-5-12(6-8-13)16-11(2)18/h5-8H,4,9-10H2,1-3H3,(H,15,19)(H,16,18). The van der Waals surface area contributed by atoms with Crippen molar-refractivity contribution in [3.63, 3.8) is 0 Å². The number of carbonyl (C=O) groups is 2. The first-order valence-corrected chi connectivity index (χ1v) is 8.32. The molecule has 0 saturated carbocycles. The van der Waals surface area contributed by atoms with E-state index < -0.39 is 10.0 Å². The molecule has 2 N–H and O–H groups in total. The van der Waals surface area contributed by atoms with Crippen molar-refractivity contribution in [1.82, 2.24) is 9.62 Å². The lowest BCUT2D eigenvalue weighted by molar-refractivity contribution is -0.121. The molecule has 0 unspecified atom stereocenters. The molecule has 8 heteroatoms. The van der Waals surface area contributed by atoms with Gasteiger partial charge in [-0.05, 0) is 30.7 Å². The Labute approximate surface area is 130 Å². The Morgan fingerprint density at radius 3 is 2.27 bits per heavy atom. The molecular weight excluding hydrogens is 306 g/mol. The van der Waals surface area contributed by atoms with Gasteiger partial charge in [-0.25, -0.2) is 8.42 Å². The summed E-state index contributed by atoms with van der Waals surface area (Å²) in [6, 6.07) is 5.78. The van der Waals surface area contributed by atoms with Crippen molar-refractivity contribution in [2.45, 2.75) is 25.2 Å². The zero-order valence-electron chi connectivity index (χ0n) is 12.9. The summed E-state index contributed by atoms with van der Waals surface area (Å²) in [5.41, 5.74) is 0.509. The lowest BCUT2D eigenvalue weighted by Crippen LogP contribution is -2.38. The van der Waals surface area contributed by atoms with Gasteiger partial charge >= 0.3 is 0 Å². The maximum atomic E-state index is 12.3. The molecular formula is C14H21N3O4S. The fourth-order valence-corrected chi connectivity index (χ4v) is 2.83. The zero-order valence-corrected chi connectivity index (χ0v) is 13.7. The molecule has 1 aromatic rings. The summed E-state index contributed by atoms with van der Waals surface area (Å²) in [5, 5.41) is 5.18. The van der Waals surface area contributed by atoms with E-state index in [1.54, 1.807) is 0 Å². The SMILES string of the molecule is CCCNC(=O)CN(C)S(=O)(=O)c1ccc(NC(C)=O)cc1. The van der Waals surface area contributed by atoms with Crippen LogP contribution in [0.3, 0.4) is 0 Å². The summed E-state index contributed by atoms with van der Waals surface area (Å²) < 4.78 is 25.7. The molecule has 0 heterocycles. The fourth-order valence-electron chi connectivity index (χ4n) is 1.70. The number of amides is 2. The molecule has 0 aromatic heterocycles. The second-order valence-electron chi connectivity index (χ2n) is 4.82. The average molecular weight is 327 g/mol. The largest absolute Gasteiger partial charge is 0.355 e. The molecule has 0 aliphatic heterocycles. The highest BCUT2D eigenvalue weighted by Gasteiger charge is 2.22. The van der Waals surface area contributed by atoms with Gasteiger partial charge in [0, 0.05) is 26.2 Å². The van der Waals surface area contributed by atoms with E-state index in [2.05, 4.69) is 10.6 Å². The normalized spacial score (nSPS) is 11.3. The minimum atomic E-state index is -3.74. The van der Waals surface area contributed by atoms with Gasteiger partial charge in [-0.3, -0.25) is 9.59 Å². The Hall–Kier alpha value is -1.93. The van der Waals surface area contributed by atoms with Crippen LogP contribution in [0.4, 0.5) is 5.69 Å². The van der Waals surface area contributed by atoms with E-state index in [1.165, 1.54) is 38.2 Å². The lowest BCUT2D eigenvalue weighted by atomic mass is 10.3. The summed E-state index contributed by atoms with van der Waals surface area (Å²) in [7, 11) is -2.39. The molecule has 0 aliphatic rings. The Morgan fingerprint density at radius 1 is 1.18 bits per heavy atom. The van der Waals surface area contributed by atoms with Gasteiger partial charge in [-0.2, -0.15) is 4.31 Å². The van der Waals surface area contributed by atoms with Gasteiger partial charge in [0.25, 0.3) is 0 Å². The number of hydrogen-bond acceptors (Lipinski definition) is 4. The zero-order chi connectivity index (χ0) is 16.8. The van der Waals surface area contributed by atoms with Crippen LogP contribution >= 0.6 is 0 Å². The number of sulfonamides is 1. The van der Waals surface area contributed by atoms with Gasteiger partial charge in [0.2, 0.25) is 21.8 Å². The highest BCUT2D eigenvalue weighted by Crippen LogP contribution is 2.17. The molecule has 0 fully saturated rings. The van der Waals surface area contributed by atoms with E-state index in [-0.39, 0.29) is 23.3 Å². The monoisotopic (exact) mass is 327 g/mol. The first-order valence-electron chi connectivity index (χ1n) is 6.88. The van der Waals surface area contributed by atoms with E-state index in [9.17, 15) is 18.0 Å². The topological polar surface area (TPSA) is 95.6 Å². The maximum Gasteiger partial charge on any atom is 0.243 e. The molecule has 7 nitrogen and oxygen atoms in total. The van der Waals surface area contributed by atoms with Crippen molar-refractivity contribution in [2.75, 3.05) is 25.5 Å². The molecule has 0 spiro atoms. The predicted molar refractivity (Wildman–Crippen MR) is 83.9 cm³/mol. The van der Waals surface area contributed by atoms with E-state index in [4.69, 9.17) is 0 Å².